The topological polar surface area (TPSA) is 69.2 Å². The highest BCUT2D eigenvalue weighted by Crippen LogP contribution is 2.32. The third kappa shape index (κ3) is 3.46. The van der Waals surface area contributed by atoms with Crippen LogP contribution in [0.1, 0.15) is 18.5 Å². The minimum absolute atomic E-state index is 0.0503. The van der Waals surface area contributed by atoms with Gasteiger partial charge >= 0.3 is 0 Å². The van der Waals surface area contributed by atoms with Crippen LogP contribution in [0.25, 0.3) is 10.7 Å². The minimum Gasteiger partial charge on any atom is -0.493 e. The van der Waals surface area contributed by atoms with Gasteiger partial charge in [0.15, 0.2) is 16.5 Å². The molecule has 0 spiro atoms. The SMILES string of the molecule is COc1ccc([C@H](C)Nc2nnc(-c3ccccn3)s2)cc1OC. The van der Waals surface area contributed by atoms with E-state index in [9.17, 15) is 0 Å². The average Bonchev–Trinajstić information content (AvgIpc) is 3.10. The Morgan fingerprint density at radius 3 is 2.58 bits per heavy atom. The minimum atomic E-state index is 0.0503. The van der Waals surface area contributed by atoms with Gasteiger partial charge in [-0.2, -0.15) is 0 Å². The van der Waals surface area contributed by atoms with Crippen molar-refractivity contribution in [1.82, 2.24) is 15.2 Å². The molecule has 0 aliphatic carbocycles. The van der Waals surface area contributed by atoms with Gasteiger partial charge in [-0.1, -0.05) is 23.5 Å². The van der Waals surface area contributed by atoms with Crippen molar-refractivity contribution in [3.05, 3.63) is 48.2 Å². The van der Waals surface area contributed by atoms with Gasteiger partial charge in [0.05, 0.1) is 20.3 Å². The number of hydrogen-bond donors (Lipinski definition) is 1. The molecule has 0 aliphatic heterocycles. The monoisotopic (exact) mass is 342 g/mol. The Morgan fingerprint density at radius 2 is 1.88 bits per heavy atom. The first-order chi connectivity index (χ1) is 11.7. The van der Waals surface area contributed by atoms with E-state index in [0.29, 0.717) is 11.5 Å². The van der Waals surface area contributed by atoms with Crippen molar-refractivity contribution in [3.63, 3.8) is 0 Å². The largest absolute Gasteiger partial charge is 0.493 e. The molecule has 6 nitrogen and oxygen atoms in total. The molecular weight excluding hydrogens is 324 g/mol. The summed E-state index contributed by atoms with van der Waals surface area (Å²) in [6.45, 7) is 2.06. The lowest BCUT2D eigenvalue weighted by molar-refractivity contribution is 0.354. The van der Waals surface area contributed by atoms with Crippen LogP contribution >= 0.6 is 11.3 Å². The molecule has 0 amide bonds. The molecule has 2 aromatic heterocycles. The number of methoxy groups -OCH3 is 2. The van der Waals surface area contributed by atoms with Crippen LogP contribution in [-0.2, 0) is 0 Å². The van der Waals surface area contributed by atoms with Crippen LogP contribution in [0.2, 0.25) is 0 Å². The van der Waals surface area contributed by atoms with Crippen molar-refractivity contribution >= 4 is 16.5 Å². The zero-order valence-corrected chi connectivity index (χ0v) is 14.5. The highest BCUT2D eigenvalue weighted by Gasteiger charge is 2.13. The smallest absolute Gasteiger partial charge is 0.206 e. The Balaban J connectivity index is 1.76. The molecule has 0 bridgehead atoms. The molecule has 1 N–H and O–H groups in total. The summed E-state index contributed by atoms with van der Waals surface area (Å²) < 4.78 is 10.6. The average molecular weight is 342 g/mol. The van der Waals surface area contributed by atoms with E-state index in [1.807, 2.05) is 36.4 Å². The molecule has 0 fully saturated rings. The van der Waals surface area contributed by atoms with E-state index >= 15 is 0 Å². The first kappa shape index (κ1) is 16.2. The number of benzene rings is 1. The molecule has 124 valence electrons. The number of pyridine rings is 1. The number of hydrogen-bond acceptors (Lipinski definition) is 7. The van der Waals surface area contributed by atoms with Crippen LogP contribution < -0.4 is 14.8 Å². The highest BCUT2D eigenvalue weighted by molar-refractivity contribution is 7.18. The standard InChI is InChI=1S/C17H18N4O2S/c1-11(12-7-8-14(22-2)15(10-12)23-3)19-17-21-20-16(24-17)13-6-4-5-9-18-13/h4-11H,1-3H3,(H,19,21)/t11-/m0/s1. The van der Waals surface area contributed by atoms with Crippen molar-refractivity contribution in [2.24, 2.45) is 0 Å². The van der Waals surface area contributed by atoms with E-state index in [0.717, 1.165) is 21.4 Å². The predicted molar refractivity (Wildman–Crippen MR) is 94.7 cm³/mol. The summed E-state index contributed by atoms with van der Waals surface area (Å²) in [6.07, 6.45) is 1.75. The predicted octanol–water partition coefficient (Wildman–Crippen LogP) is 3.79. The van der Waals surface area contributed by atoms with E-state index in [-0.39, 0.29) is 6.04 Å². The van der Waals surface area contributed by atoms with Crippen LogP contribution in [-0.4, -0.2) is 29.4 Å². The number of anilines is 1. The third-order valence-corrected chi connectivity index (χ3v) is 4.43. The first-order valence-electron chi connectivity index (χ1n) is 7.44. The maximum atomic E-state index is 5.35. The van der Waals surface area contributed by atoms with Gasteiger partial charge in [0, 0.05) is 6.20 Å². The molecule has 0 unspecified atom stereocenters. The summed E-state index contributed by atoms with van der Waals surface area (Å²) in [6, 6.07) is 11.6. The molecule has 0 radical (unpaired) electrons. The molecule has 24 heavy (non-hydrogen) atoms. The molecule has 1 atom stereocenters. The number of aromatic nitrogens is 3. The second-order valence-corrected chi connectivity index (χ2v) is 6.09. The van der Waals surface area contributed by atoms with Crippen LogP contribution in [0.15, 0.2) is 42.6 Å². The van der Waals surface area contributed by atoms with Gasteiger partial charge in [0.1, 0.15) is 5.69 Å². The Morgan fingerprint density at radius 1 is 1.04 bits per heavy atom. The molecule has 3 aromatic rings. The lowest BCUT2D eigenvalue weighted by Gasteiger charge is -2.15. The van der Waals surface area contributed by atoms with E-state index in [1.165, 1.54) is 11.3 Å². The fraction of sp³-hybridized carbons (Fsp3) is 0.235. The summed E-state index contributed by atoms with van der Waals surface area (Å²) in [4.78, 5) is 4.29. The summed E-state index contributed by atoms with van der Waals surface area (Å²) >= 11 is 1.47. The van der Waals surface area contributed by atoms with E-state index in [4.69, 9.17) is 9.47 Å². The second kappa shape index (κ2) is 7.27. The third-order valence-electron chi connectivity index (χ3n) is 3.56. The summed E-state index contributed by atoms with van der Waals surface area (Å²) in [5, 5.41) is 13.3. The number of nitrogens with zero attached hydrogens (tertiary/aromatic N) is 3. The van der Waals surface area contributed by atoms with Crippen LogP contribution in [0.4, 0.5) is 5.13 Å². The number of rotatable bonds is 6. The van der Waals surface area contributed by atoms with Gasteiger partial charge in [-0.05, 0) is 36.8 Å². The molecule has 0 saturated heterocycles. The molecule has 0 saturated carbocycles. The van der Waals surface area contributed by atoms with Crippen molar-refractivity contribution in [2.45, 2.75) is 13.0 Å². The van der Waals surface area contributed by atoms with Crippen molar-refractivity contribution in [1.29, 1.82) is 0 Å². The van der Waals surface area contributed by atoms with Crippen molar-refractivity contribution in [3.8, 4) is 22.2 Å². The van der Waals surface area contributed by atoms with Gasteiger partial charge < -0.3 is 14.8 Å². The summed E-state index contributed by atoms with van der Waals surface area (Å²) in [7, 11) is 3.25. The Kier molecular flexibility index (Phi) is 4.90. The zero-order valence-electron chi connectivity index (χ0n) is 13.7. The highest BCUT2D eigenvalue weighted by atomic mass is 32.1. The fourth-order valence-corrected chi connectivity index (χ4v) is 3.07. The fourth-order valence-electron chi connectivity index (χ4n) is 2.27. The normalized spacial score (nSPS) is 11.8. The number of ether oxygens (including phenoxy) is 2. The van der Waals surface area contributed by atoms with Gasteiger partial charge in [-0.3, -0.25) is 4.98 Å². The Bertz CT molecular complexity index is 807. The Hall–Kier alpha value is -2.67. The van der Waals surface area contributed by atoms with Gasteiger partial charge in [0.25, 0.3) is 0 Å². The van der Waals surface area contributed by atoms with E-state index in [1.54, 1.807) is 20.4 Å². The van der Waals surface area contributed by atoms with Crippen LogP contribution in [0.5, 0.6) is 11.5 Å². The van der Waals surface area contributed by atoms with Gasteiger partial charge in [-0.15, -0.1) is 10.2 Å². The van der Waals surface area contributed by atoms with Gasteiger partial charge in [0.2, 0.25) is 5.13 Å². The maximum absolute atomic E-state index is 5.35. The molecule has 0 aliphatic rings. The maximum Gasteiger partial charge on any atom is 0.206 e. The van der Waals surface area contributed by atoms with E-state index in [2.05, 4.69) is 27.4 Å². The summed E-state index contributed by atoms with van der Waals surface area (Å²) in [5.41, 5.74) is 1.89. The van der Waals surface area contributed by atoms with Crippen LogP contribution in [0.3, 0.4) is 0 Å². The van der Waals surface area contributed by atoms with Crippen molar-refractivity contribution in [2.75, 3.05) is 19.5 Å². The quantitative estimate of drug-likeness (QED) is 0.735. The molecule has 2 heterocycles. The second-order valence-electron chi connectivity index (χ2n) is 5.11. The summed E-state index contributed by atoms with van der Waals surface area (Å²) in [5.74, 6) is 1.41. The Labute approximate surface area is 144 Å². The lowest BCUT2D eigenvalue weighted by Crippen LogP contribution is -2.06. The molecule has 3 rings (SSSR count). The van der Waals surface area contributed by atoms with Crippen LogP contribution in [0, 0.1) is 0 Å². The van der Waals surface area contributed by atoms with Gasteiger partial charge in [-0.25, -0.2) is 0 Å². The van der Waals surface area contributed by atoms with Crippen molar-refractivity contribution < 1.29 is 9.47 Å². The first-order valence-corrected chi connectivity index (χ1v) is 8.26. The molecule has 7 heteroatoms. The molecule has 1 aromatic carbocycles. The van der Waals surface area contributed by atoms with E-state index < -0.39 is 0 Å². The lowest BCUT2D eigenvalue weighted by atomic mass is 10.1. The number of nitrogens with one attached hydrogen (secondary N) is 1. The zero-order chi connectivity index (χ0) is 16.9. The molecular formula is C17H18N4O2S.